The van der Waals surface area contributed by atoms with Gasteiger partial charge < -0.3 is 14.4 Å². The molecule has 0 atom stereocenters. The van der Waals surface area contributed by atoms with Gasteiger partial charge in [-0.2, -0.15) is 0 Å². The molecule has 1 saturated heterocycles. The maximum atomic E-state index is 13.6. The van der Waals surface area contributed by atoms with Crippen molar-refractivity contribution in [3.05, 3.63) is 65.0 Å². The van der Waals surface area contributed by atoms with E-state index in [2.05, 4.69) is 46.4 Å². The average molecular weight is 514 g/mol. The number of piperidine rings is 1. The van der Waals surface area contributed by atoms with Crippen LogP contribution in [-0.4, -0.2) is 43.7 Å². The molecule has 0 radical (unpaired) electrons. The predicted octanol–water partition coefficient (Wildman–Crippen LogP) is 7.01. The number of nitrogens with zero attached hydrogens (tertiary/aromatic N) is 1. The molecule has 0 amide bonds. The Morgan fingerprint density at radius 1 is 1.00 bits per heavy atom. The number of hydrogen-bond acceptors (Lipinski definition) is 4. The number of Topliss-reactive ketones (excluding diaryl/α,β-unsaturated/α-hetero) is 1. The zero-order valence-electron chi connectivity index (χ0n) is 22.9. The van der Waals surface area contributed by atoms with Crippen molar-refractivity contribution in [2.24, 2.45) is 5.92 Å². The Labute approximate surface area is 218 Å². The molecule has 6 heteroatoms. The first-order valence-electron chi connectivity index (χ1n) is 13.5. The number of carbonyl (C=O) groups is 1. The minimum atomic E-state index is -2.21. The monoisotopic (exact) mass is 513 g/mol. The van der Waals surface area contributed by atoms with Crippen molar-refractivity contribution in [1.29, 1.82) is 0 Å². The van der Waals surface area contributed by atoms with E-state index >= 15 is 0 Å². The summed E-state index contributed by atoms with van der Waals surface area (Å²) in [6, 6.07) is 12.4. The Kier molecular flexibility index (Phi) is 9.90. The third-order valence-electron chi connectivity index (χ3n) is 8.14. The highest BCUT2D eigenvalue weighted by Gasteiger charge is 2.47. The average Bonchev–Trinajstić information content (AvgIpc) is 2.85. The fourth-order valence-corrected chi connectivity index (χ4v) is 11.5. The lowest BCUT2D eigenvalue weighted by Gasteiger charge is -2.42. The first kappa shape index (κ1) is 28.5. The van der Waals surface area contributed by atoms with Crippen molar-refractivity contribution in [1.82, 2.24) is 4.90 Å². The lowest BCUT2D eigenvalue weighted by molar-refractivity contribution is 0.0837. The van der Waals surface area contributed by atoms with E-state index in [1.165, 1.54) is 12.1 Å². The number of hydrogen-bond donors (Lipinski definition) is 1. The van der Waals surface area contributed by atoms with Gasteiger partial charge in [-0.25, -0.2) is 4.39 Å². The highest BCUT2D eigenvalue weighted by Crippen LogP contribution is 2.44. The second kappa shape index (κ2) is 12.5. The lowest BCUT2D eigenvalue weighted by Crippen LogP contribution is -2.51. The first-order valence-corrected chi connectivity index (χ1v) is 15.7. The van der Waals surface area contributed by atoms with Crippen molar-refractivity contribution >= 4 is 14.1 Å². The normalized spacial score (nSPS) is 15.8. The summed E-state index contributed by atoms with van der Waals surface area (Å²) in [5, 5.41) is 10.3. The van der Waals surface area contributed by atoms with E-state index in [0.29, 0.717) is 33.5 Å². The molecule has 0 spiro atoms. The summed E-state index contributed by atoms with van der Waals surface area (Å²) in [5.74, 6) is 0.548. The second-order valence-electron chi connectivity index (χ2n) is 11.2. The molecule has 198 valence electrons. The number of rotatable bonds is 11. The summed E-state index contributed by atoms with van der Waals surface area (Å²) < 4.78 is 20.0. The number of carbonyl (C=O) groups excluding carboxylic acids is 1. The van der Waals surface area contributed by atoms with Crippen molar-refractivity contribution in [2.75, 3.05) is 19.6 Å². The van der Waals surface area contributed by atoms with Crippen LogP contribution in [0.5, 0.6) is 5.75 Å². The van der Waals surface area contributed by atoms with Crippen LogP contribution in [0.15, 0.2) is 42.5 Å². The molecule has 0 bridgehead atoms. The third kappa shape index (κ3) is 6.27. The Morgan fingerprint density at radius 3 is 2.11 bits per heavy atom. The fourth-order valence-electron chi connectivity index (χ4n) is 6.18. The molecular weight excluding hydrogens is 469 g/mol. The van der Waals surface area contributed by atoms with Gasteiger partial charge in [-0.3, -0.25) is 4.79 Å². The van der Waals surface area contributed by atoms with Gasteiger partial charge in [0.1, 0.15) is 11.6 Å². The van der Waals surface area contributed by atoms with Crippen molar-refractivity contribution in [2.45, 2.75) is 84.0 Å². The Hall–Kier alpha value is -2.02. The molecule has 0 aliphatic carbocycles. The molecule has 0 saturated carbocycles. The van der Waals surface area contributed by atoms with E-state index in [1.54, 1.807) is 0 Å². The summed E-state index contributed by atoms with van der Waals surface area (Å²) in [6.07, 6.45) is 2.49. The summed E-state index contributed by atoms with van der Waals surface area (Å²) in [5.41, 5.74) is 3.59. The van der Waals surface area contributed by atoms with Crippen molar-refractivity contribution in [3.63, 3.8) is 0 Å². The quantitative estimate of drug-likeness (QED) is 0.259. The Morgan fingerprint density at radius 2 is 1.58 bits per heavy atom. The van der Waals surface area contributed by atoms with Crippen LogP contribution in [-0.2, 0) is 13.0 Å². The minimum absolute atomic E-state index is 0.0464. The van der Waals surface area contributed by atoms with Crippen LogP contribution in [0.4, 0.5) is 4.39 Å². The van der Waals surface area contributed by atoms with E-state index in [9.17, 15) is 14.3 Å². The maximum Gasteiger partial charge on any atom is 0.258 e. The largest absolute Gasteiger partial charge is 0.542 e. The number of benzene rings is 2. The molecule has 0 unspecified atom stereocenters. The Bertz CT molecular complexity index is 976. The van der Waals surface area contributed by atoms with Crippen LogP contribution >= 0.6 is 0 Å². The number of aliphatic hydroxyl groups is 1. The summed E-state index contributed by atoms with van der Waals surface area (Å²) in [4.78, 5) is 16.0. The molecule has 1 aliphatic rings. The molecule has 1 fully saturated rings. The van der Waals surface area contributed by atoms with Gasteiger partial charge in [0, 0.05) is 23.6 Å². The van der Waals surface area contributed by atoms with E-state index in [0.717, 1.165) is 44.5 Å². The van der Waals surface area contributed by atoms with Gasteiger partial charge in [0.2, 0.25) is 0 Å². The molecule has 2 aromatic rings. The SMILES string of the molecule is CC(C)[Si](Oc1cccc(C(=O)C2CCN(CCc3ccc(F)cc3)CC2)c1CO)(C(C)C)C(C)C. The number of halogens is 1. The molecule has 4 nitrogen and oxygen atoms in total. The zero-order valence-corrected chi connectivity index (χ0v) is 23.9. The summed E-state index contributed by atoms with van der Waals surface area (Å²) in [7, 11) is -2.21. The summed E-state index contributed by atoms with van der Waals surface area (Å²) in [6.45, 7) is 15.9. The van der Waals surface area contributed by atoms with E-state index < -0.39 is 8.32 Å². The molecular formula is C30H44FNO3Si. The van der Waals surface area contributed by atoms with Crippen LogP contribution in [0.2, 0.25) is 16.6 Å². The fraction of sp³-hybridized carbons (Fsp3) is 0.567. The van der Waals surface area contributed by atoms with Gasteiger partial charge in [0.05, 0.1) is 6.61 Å². The van der Waals surface area contributed by atoms with Gasteiger partial charge in [0.15, 0.2) is 5.78 Å². The van der Waals surface area contributed by atoms with E-state index in [4.69, 9.17) is 4.43 Å². The molecule has 36 heavy (non-hydrogen) atoms. The predicted molar refractivity (Wildman–Crippen MR) is 148 cm³/mol. The van der Waals surface area contributed by atoms with Crippen LogP contribution < -0.4 is 4.43 Å². The van der Waals surface area contributed by atoms with Crippen molar-refractivity contribution < 1.29 is 18.7 Å². The molecule has 3 rings (SSSR count). The third-order valence-corrected chi connectivity index (χ3v) is 14.1. The maximum absolute atomic E-state index is 13.6. The second-order valence-corrected chi connectivity index (χ2v) is 16.6. The number of aliphatic hydroxyl groups excluding tert-OH is 1. The van der Waals surface area contributed by atoms with Crippen LogP contribution in [0.25, 0.3) is 0 Å². The minimum Gasteiger partial charge on any atom is -0.542 e. The van der Waals surface area contributed by atoms with Gasteiger partial charge in [-0.15, -0.1) is 0 Å². The highest BCUT2D eigenvalue weighted by atomic mass is 28.4. The highest BCUT2D eigenvalue weighted by molar-refractivity contribution is 6.78. The Balaban J connectivity index is 1.70. The van der Waals surface area contributed by atoms with Crippen LogP contribution in [0, 0.1) is 11.7 Å². The van der Waals surface area contributed by atoms with Gasteiger partial charge >= 0.3 is 0 Å². The molecule has 1 N–H and O–H groups in total. The topological polar surface area (TPSA) is 49.8 Å². The van der Waals surface area contributed by atoms with E-state index in [1.807, 2.05) is 30.3 Å². The summed E-state index contributed by atoms with van der Waals surface area (Å²) >= 11 is 0. The zero-order chi connectivity index (χ0) is 26.5. The molecule has 0 aromatic heterocycles. The molecule has 2 aromatic carbocycles. The lowest BCUT2D eigenvalue weighted by atomic mass is 9.87. The van der Waals surface area contributed by atoms with Gasteiger partial charge in [-0.1, -0.05) is 65.8 Å². The molecule has 1 aliphatic heterocycles. The van der Waals surface area contributed by atoms with Crippen molar-refractivity contribution in [3.8, 4) is 5.75 Å². The van der Waals surface area contributed by atoms with E-state index in [-0.39, 0.29) is 24.1 Å². The standard InChI is InChI=1S/C30H44FNO3Si/c1-21(2)36(22(3)4,23(5)6)35-29-9-7-8-27(28(29)20-33)30(34)25-15-18-32(19-16-25)17-14-24-10-12-26(31)13-11-24/h7-13,21-23,25,33H,14-20H2,1-6H3. The van der Waals surface area contributed by atoms with Gasteiger partial charge in [0.25, 0.3) is 8.32 Å². The van der Waals surface area contributed by atoms with Crippen LogP contribution in [0.3, 0.4) is 0 Å². The number of likely N-dealkylation sites (tertiary alicyclic amines) is 1. The van der Waals surface area contributed by atoms with Gasteiger partial charge in [-0.05, 0) is 72.7 Å². The molecule has 1 heterocycles. The first-order chi connectivity index (χ1) is 17.1. The van der Waals surface area contributed by atoms with Crippen LogP contribution in [0.1, 0.15) is 75.9 Å². The number of ketones is 1. The smallest absolute Gasteiger partial charge is 0.258 e.